The van der Waals surface area contributed by atoms with E-state index in [1.165, 1.54) is 30.5 Å². The molecule has 3 aliphatic rings. The summed E-state index contributed by atoms with van der Waals surface area (Å²) in [7, 11) is 0. The van der Waals surface area contributed by atoms with Crippen LogP contribution in [0.4, 0.5) is 14.6 Å². The maximum atomic E-state index is 16.7. The Hall–Kier alpha value is -4.33. The Morgan fingerprint density at radius 2 is 1.93 bits per heavy atom. The van der Waals surface area contributed by atoms with Crippen LogP contribution in [0.1, 0.15) is 37.7 Å². The predicted octanol–water partition coefficient (Wildman–Crippen LogP) is 4.94. The maximum absolute atomic E-state index is 16.7. The molecule has 0 aliphatic carbocycles. The maximum Gasteiger partial charge on any atom is 0.319 e. The first-order chi connectivity index (χ1) is 20.9. The third kappa shape index (κ3) is 4.73. The minimum Gasteiger partial charge on any atom is -0.508 e. The first-order valence-corrected chi connectivity index (χ1v) is 14.6. The number of aromatic nitrogens is 3. The first-order valence-electron chi connectivity index (χ1n) is 14.6. The Bertz CT molecular complexity index is 1810. The molecular weight excluding hydrogens is 552 g/mol. The minimum atomic E-state index is -0.755. The van der Waals surface area contributed by atoms with Gasteiger partial charge in [-0.2, -0.15) is 9.97 Å². The third-order valence-electron chi connectivity index (χ3n) is 8.95. The van der Waals surface area contributed by atoms with Crippen molar-refractivity contribution >= 4 is 27.5 Å². The number of β-amino-alcohol motifs (C(OH)–C–C–N with tert-alkyl or cyclic N) is 1. The second kappa shape index (κ2) is 10.7. The molecule has 4 aromatic rings. The molecule has 2 aromatic heterocycles. The molecule has 5 heterocycles. The number of aliphatic hydroxyl groups excluding tert-OH is 1. The topological polar surface area (TPSA) is 94.8 Å². The van der Waals surface area contributed by atoms with Crippen molar-refractivity contribution in [2.24, 2.45) is 0 Å². The fourth-order valence-electron chi connectivity index (χ4n) is 6.98. The second-order valence-corrected chi connectivity index (χ2v) is 11.6. The van der Waals surface area contributed by atoms with Crippen LogP contribution in [0.5, 0.6) is 11.8 Å². The van der Waals surface area contributed by atoms with Crippen molar-refractivity contribution < 1.29 is 23.7 Å². The first kappa shape index (κ1) is 27.5. The standard InChI is InChI=1S/C33H31F2N5O3/c1-2-23-26(34)9-8-20-14-21(41)15-24(27(20)23)29-28(35)30-25(17-36-29)31(39-11-5-3-4-6-12-39)38-32(37-30)43-19-33-10-7-13-40(33)18-22(42)16-33/h1,3-4,8-9,14-15,17,22,41-42H,5-7,10-13,16,18-19H2/t22-,33+/m1/s1. The van der Waals surface area contributed by atoms with Gasteiger partial charge >= 0.3 is 6.01 Å². The zero-order valence-corrected chi connectivity index (χ0v) is 23.6. The summed E-state index contributed by atoms with van der Waals surface area (Å²) in [6, 6.07) is 5.52. The molecule has 2 atom stereocenters. The average molecular weight is 584 g/mol. The number of hydrogen-bond acceptors (Lipinski definition) is 8. The number of rotatable bonds is 5. The zero-order valence-electron chi connectivity index (χ0n) is 23.6. The van der Waals surface area contributed by atoms with Gasteiger partial charge in [0, 0.05) is 36.8 Å². The number of pyridine rings is 1. The highest BCUT2D eigenvalue weighted by atomic mass is 19.1. The number of phenolic OH excluding ortho intramolecular Hbond substituents is 1. The Balaban J connectivity index is 1.38. The highest BCUT2D eigenvalue weighted by Crippen LogP contribution is 2.41. The molecule has 2 fully saturated rings. The van der Waals surface area contributed by atoms with E-state index in [0.717, 1.165) is 32.2 Å². The van der Waals surface area contributed by atoms with Crippen molar-refractivity contribution in [1.82, 2.24) is 19.9 Å². The number of aliphatic hydroxyl groups is 1. The number of anilines is 1. The van der Waals surface area contributed by atoms with Gasteiger partial charge in [-0.05, 0) is 62.2 Å². The summed E-state index contributed by atoms with van der Waals surface area (Å²) in [5.74, 6) is 1.37. The third-order valence-corrected chi connectivity index (χ3v) is 8.95. The van der Waals surface area contributed by atoms with Crippen LogP contribution < -0.4 is 9.64 Å². The van der Waals surface area contributed by atoms with E-state index in [4.69, 9.17) is 16.1 Å². The van der Waals surface area contributed by atoms with Gasteiger partial charge in [-0.15, -0.1) is 6.42 Å². The van der Waals surface area contributed by atoms with E-state index >= 15 is 4.39 Å². The molecule has 10 heteroatoms. The quantitative estimate of drug-likeness (QED) is 0.252. The van der Waals surface area contributed by atoms with Gasteiger partial charge in [0.05, 0.1) is 22.6 Å². The van der Waals surface area contributed by atoms with Crippen LogP contribution in [-0.2, 0) is 0 Å². The van der Waals surface area contributed by atoms with Crippen LogP contribution in [0, 0.1) is 24.0 Å². The number of halogens is 2. The molecule has 7 rings (SSSR count). The van der Waals surface area contributed by atoms with E-state index in [-0.39, 0.29) is 51.6 Å². The van der Waals surface area contributed by atoms with E-state index in [0.29, 0.717) is 42.6 Å². The van der Waals surface area contributed by atoms with Crippen molar-refractivity contribution in [2.45, 2.75) is 43.7 Å². The summed E-state index contributed by atoms with van der Waals surface area (Å²) in [5.41, 5.74) is -0.309. The highest BCUT2D eigenvalue weighted by molar-refractivity contribution is 6.03. The summed E-state index contributed by atoms with van der Waals surface area (Å²) in [6.07, 6.45) is 15.1. The van der Waals surface area contributed by atoms with E-state index in [1.807, 2.05) is 0 Å². The number of phenols is 1. The smallest absolute Gasteiger partial charge is 0.319 e. The lowest BCUT2D eigenvalue weighted by molar-refractivity contribution is 0.107. The van der Waals surface area contributed by atoms with E-state index in [9.17, 15) is 14.6 Å². The largest absolute Gasteiger partial charge is 0.508 e. The number of ether oxygens (including phenoxy) is 1. The van der Waals surface area contributed by atoms with Crippen LogP contribution in [-0.4, -0.2) is 74.5 Å². The molecular formula is C33H31F2N5O3. The molecule has 0 radical (unpaired) electrons. The summed E-state index contributed by atoms with van der Waals surface area (Å²) < 4.78 is 37.7. The van der Waals surface area contributed by atoms with Gasteiger partial charge in [0.2, 0.25) is 0 Å². The molecule has 0 bridgehead atoms. The van der Waals surface area contributed by atoms with Gasteiger partial charge in [0.1, 0.15) is 35.2 Å². The summed E-state index contributed by atoms with van der Waals surface area (Å²) >= 11 is 0. The number of benzene rings is 2. The number of nitrogens with zero attached hydrogens (tertiary/aromatic N) is 5. The monoisotopic (exact) mass is 583 g/mol. The predicted molar refractivity (Wildman–Crippen MR) is 160 cm³/mol. The lowest BCUT2D eigenvalue weighted by atomic mass is 9.94. The SMILES string of the molecule is C#Cc1c(F)ccc2cc(O)cc(-c3ncc4c(N5CCC=CCC5)nc(OC[C@@]56CCCN5C[C@H](O)C6)nc4c3F)c12. The van der Waals surface area contributed by atoms with Crippen LogP contribution in [0.2, 0.25) is 0 Å². The summed E-state index contributed by atoms with van der Waals surface area (Å²) in [5, 5.41) is 22.0. The highest BCUT2D eigenvalue weighted by Gasteiger charge is 2.48. The normalized spacial score (nSPS) is 22.2. The van der Waals surface area contributed by atoms with Gasteiger partial charge in [-0.1, -0.05) is 24.1 Å². The van der Waals surface area contributed by atoms with Crippen LogP contribution >= 0.6 is 0 Å². The van der Waals surface area contributed by atoms with Gasteiger partial charge in [0.25, 0.3) is 0 Å². The molecule has 0 amide bonds. The summed E-state index contributed by atoms with van der Waals surface area (Å²) in [6.45, 7) is 3.13. The second-order valence-electron chi connectivity index (χ2n) is 11.6. The van der Waals surface area contributed by atoms with Crippen molar-refractivity contribution in [1.29, 1.82) is 0 Å². The van der Waals surface area contributed by atoms with Crippen molar-refractivity contribution in [3.05, 3.63) is 59.8 Å². The molecule has 2 saturated heterocycles. The average Bonchev–Trinajstić information content (AvgIpc) is 3.37. The van der Waals surface area contributed by atoms with Crippen LogP contribution in [0.3, 0.4) is 0 Å². The lowest BCUT2D eigenvalue weighted by Crippen LogP contribution is -2.43. The molecule has 0 spiro atoms. The Morgan fingerprint density at radius 3 is 2.72 bits per heavy atom. The molecule has 2 aromatic carbocycles. The molecule has 0 unspecified atom stereocenters. The van der Waals surface area contributed by atoms with E-state index in [1.54, 1.807) is 0 Å². The number of fused-ring (bicyclic) bond motifs is 3. The van der Waals surface area contributed by atoms with Crippen LogP contribution in [0.15, 0.2) is 42.6 Å². The van der Waals surface area contributed by atoms with E-state index < -0.39 is 17.7 Å². The molecule has 0 saturated carbocycles. The molecule has 3 aliphatic heterocycles. The Morgan fingerprint density at radius 1 is 1.12 bits per heavy atom. The van der Waals surface area contributed by atoms with Gasteiger partial charge in [0.15, 0.2) is 5.82 Å². The van der Waals surface area contributed by atoms with Crippen molar-refractivity contribution in [2.75, 3.05) is 37.7 Å². The van der Waals surface area contributed by atoms with Crippen molar-refractivity contribution in [3.63, 3.8) is 0 Å². The summed E-state index contributed by atoms with van der Waals surface area (Å²) in [4.78, 5) is 18.1. The molecule has 43 heavy (non-hydrogen) atoms. The molecule has 2 N–H and O–H groups in total. The number of aromatic hydroxyl groups is 1. The fourth-order valence-corrected chi connectivity index (χ4v) is 6.98. The van der Waals surface area contributed by atoms with Gasteiger partial charge in [-0.3, -0.25) is 9.88 Å². The lowest BCUT2D eigenvalue weighted by Gasteiger charge is -2.31. The number of hydrogen-bond donors (Lipinski definition) is 2. The molecule has 220 valence electrons. The van der Waals surface area contributed by atoms with Crippen LogP contribution in [0.25, 0.3) is 32.9 Å². The zero-order chi connectivity index (χ0) is 29.7. The molecule has 8 nitrogen and oxygen atoms in total. The van der Waals surface area contributed by atoms with Gasteiger partial charge < -0.3 is 19.8 Å². The Kier molecular flexibility index (Phi) is 6.87. The Labute approximate surface area is 247 Å². The van der Waals surface area contributed by atoms with E-state index in [2.05, 4.69) is 37.8 Å². The minimum absolute atomic E-state index is 0.00425. The fraction of sp³-hybridized carbons (Fsp3) is 0.364. The number of terminal acetylenes is 1. The van der Waals surface area contributed by atoms with Gasteiger partial charge in [-0.25, -0.2) is 8.78 Å². The van der Waals surface area contributed by atoms with Crippen molar-refractivity contribution in [3.8, 4) is 35.4 Å².